The van der Waals surface area contributed by atoms with Crippen molar-refractivity contribution in [1.82, 2.24) is 0 Å². The summed E-state index contributed by atoms with van der Waals surface area (Å²) in [4.78, 5) is 21.3. The van der Waals surface area contributed by atoms with Crippen molar-refractivity contribution in [3.8, 4) is 0 Å². The number of carboxylic acid groups (broad SMARTS) is 1. The molecule has 0 unspecified atom stereocenters. The molecule has 3 nitrogen and oxygen atoms in total. The maximum absolute atomic E-state index is 10.8. The highest BCUT2D eigenvalue weighted by molar-refractivity contribution is 5.88. The van der Waals surface area contributed by atoms with Gasteiger partial charge in [0.25, 0.3) is 0 Å². The first kappa shape index (κ1) is 8.94. The summed E-state index contributed by atoms with van der Waals surface area (Å²) in [6.07, 6.45) is 1.21. The monoisotopic (exact) mass is 190 g/mol. The molecular weight excluding hydrogens is 180 g/mol. The molecule has 0 aliphatic heterocycles. The zero-order chi connectivity index (χ0) is 10.1. The van der Waals surface area contributed by atoms with Crippen molar-refractivity contribution in [3.63, 3.8) is 0 Å². The molecule has 0 radical (unpaired) electrons. The van der Waals surface area contributed by atoms with E-state index in [2.05, 4.69) is 0 Å². The van der Waals surface area contributed by atoms with Crippen LogP contribution in [0.5, 0.6) is 0 Å². The molecule has 0 atom stereocenters. The lowest BCUT2D eigenvalue weighted by atomic mass is 9.79. The summed E-state index contributed by atoms with van der Waals surface area (Å²) in [7, 11) is 0. The second-order valence-corrected chi connectivity index (χ2v) is 3.57. The molecule has 1 aromatic rings. The van der Waals surface area contributed by atoms with Gasteiger partial charge >= 0.3 is 5.97 Å². The number of carbonyl (C=O) groups excluding carboxylic acids is 1. The SMILES string of the molecule is O=C1CC(c2ccc(C(=O)O)cc2)C1. The number of ketones is 1. The van der Waals surface area contributed by atoms with E-state index in [1.54, 1.807) is 24.3 Å². The van der Waals surface area contributed by atoms with Gasteiger partial charge in [0.05, 0.1) is 5.56 Å². The van der Waals surface area contributed by atoms with Gasteiger partial charge in [-0.1, -0.05) is 12.1 Å². The van der Waals surface area contributed by atoms with Crippen LogP contribution < -0.4 is 0 Å². The van der Waals surface area contributed by atoms with Gasteiger partial charge < -0.3 is 5.11 Å². The van der Waals surface area contributed by atoms with Crippen LogP contribution in [0.15, 0.2) is 24.3 Å². The zero-order valence-corrected chi connectivity index (χ0v) is 7.56. The number of aromatic carboxylic acids is 1. The topological polar surface area (TPSA) is 54.4 Å². The standard InChI is InChI=1S/C11H10O3/c12-10-5-9(6-10)7-1-3-8(4-2-7)11(13)14/h1-4,9H,5-6H2,(H,13,14). The lowest BCUT2D eigenvalue weighted by Gasteiger charge is -2.24. The largest absolute Gasteiger partial charge is 0.478 e. The second kappa shape index (κ2) is 3.25. The predicted octanol–water partition coefficient (Wildman–Crippen LogP) is 1.83. The molecule has 3 heteroatoms. The van der Waals surface area contributed by atoms with Gasteiger partial charge in [0, 0.05) is 12.8 Å². The first-order chi connectivity index (χ1) is 6.66. The minimum absolute atomic E-state index is 0.289. The van der Waals surface area contributed by atoms with Crippen LogP contribution in [0.2, 0.25) is 0 Å². The van der Waals surface area contributed by atoms with Gasteiger partial charge in [0.2, 0.25) is 0 Å². The van der Waals surface area contributed by atoms with E-state index < -0.39 is 5.97 Å². The Hall–Kier alpha value is -1.64. The molecule has 1 aliphatic rings. The number of hydrogen-bond acceptors (Lipinski definition) is 2. The van der Waals surface area contributed by atoms with E-state index in [-0.39, 0.29) is 5.78 Å². The number of benzene rings is 1. The van der Waals surface area contributed by atoms with Gasteiger partial charge in [-0.05, 0) is 23.6 Å². The Labute approximate surface area is 81.4 Å². The van der Waals surface area contributed by atoms with Crippen molar-refractivity contribution in [1.29, 1.82) is 0 Å². The average molecular weight is 190 g/mol. The quantitative estimate of drug-likeness (QED) is 0.774. The van der Waals surface area contributed by atoms with Crippen molar-refractivity contribution in [2.75, 3.05) is 0 Å². The van der Waals surface area contributed by atoms with Crippen molar-refractivity contribution in [2.24, 2.45) is 0 Å². The first-order valence-corrected chi connectivity index (χ1v) is 4.52. The van der Waals surface area contributed by atoms with Crippen LogP contribution >= 0.6 is 0 Å². The van der Waals surface area contributed by atoms with Gasteiger partial charge in [-0.15, -0.1) is 0 Å². The minimum Gasteiger partial charge on any atom is -0.478 e. The second-order valence-electron chi connectivity index (χ2n) is 3.57. The summed E-state index contributed by atoms with van der Waals surface area (Å²) in [5, 5.41) is 8.67. The number of Topliss-reactive ketones (excluding diaryl/α,β-unsaturated/α-hetero) is 1. The fourth-order valence-corrected chi connectivity index (χ4v) is 1.62. The van der Waals surface area contributed by atoms with Crippen molar-refractivity contribution in [2.45, 2.75) is 18.8 Å². The number of carboxylic acids is 1. The Balaban J connectivity index is 2.14. The molecule has 0 amide bonds. The summed E-state index contributed by atoms with van der Waals surface area (Å²) in [6, 6.07) is 6.75. The number of hydrogen-bond donors (Lipinski definition) is 1. The third kappa shape index (κ3) is 1.53. The summed E-state index contributed by atoms with van der Waals surface area (Å²) >= 11 is 0. The van der Waals surface area contributed by atoms with Crippen LogP contribution in [0.1, 0.15) is 34.7 Å². The van der Waals surface area contributed by atoms with E-state index >= 15 is 0 Å². The highest BCUT2D eigenvalue weighted by Gasteiger charge is 2.27. The first-order valence-electron chi connectivity index (χ1n) is 4.52. The maximum Gasteiger partial charge on any atom is 0.335 e. The maximum atomic E-state index is 10.8. The third-order valence-electron chi connectivity index (χ3n) is 2.58. The summed E-state index contributed by atoms with van der Waals surface area (Å²) < 4.78 is 0. The Morgan fingerprint density at radius 2 is 1.79 bits per heavy atom. The predicted molar refractivity (Wildman–Crippen MR) is 50.4 cm³/mol. The Morgan fingerprint density at radius 1 is 1.21 bits per heavy atom. The van der Waals surface area contributed by atoms with E-state index in [1.807, 2.05) is 0 Å². The number of carbonyl (C=O) groups is 2. The third-order valence-corrected chi connectivity index (χ3v) is 2.58. The highest BCUT2D eigenvalue weighted by Crippen LogP contribution is 2.33. The molecule has 14 heavy (non-hydrogen) atoms. The van der Waals surface area contributed by atoms with E-state index in [4.69, 9.17) is 5.11 Å². The Kier molecular flexibility index (Phi) is 2.08. The van der Waals surface area contributed by atoms with Crippen LogP contribution in [0.3, 0.4) is 0 Å². The normalized spacial score (nSPS) is 16.4. The minimum atomic E-state index is -0.916. The van der Waals surface area contributed by atoms with E-state index in [0.717, 1.165) is 5.56 Å². The molecule has 0 aromatic heterocycles. The van der Waals surface area contributed by atoms with Crippen molar-refractivity contribution >= 4 is 11.8 Å². The smallest absolute Gasteiger partial charge is 0.335 e. The molecule has 0 bridgehead atoms. The van der Waals surface area contributed by atoms with Gasteiger partial charge in [-0.3, -0.25) is 4.79 Å². The van der Waals surface area contributed by atoms with Gasteiger partial charge in [0.1, 0.15) is 5.78 Å². The number of rotatable bonds is 2. The highest BCUT2D eigenvalue weighted by atomic mass is 16.4. The molecule has 2 rings (SSSR count). The average Bonchev–Trinajstić information content (AvgIpc) is 2.13. The summed E-state index contributed by atoms with van der Waals surface area (Å²) in [5.74, 6) is -0.316. The summed E-state index contributed by atoms with van der Waals surface area (Å²) in [6.45, 7) is 0. The Bertz CT molecular complexity index is 370. The molecule has 1 saturated carbocycles. The van der Waals surface area contributed by atoms with Gasteiger partial charge in [-0.2, -0.15) is 0 Å². The van der Waals surface area contributed by atoms with Crippen LogP contribution in [0.4, 0.5) is 0 Å². The van der Waals surface area contributed by atoms with E-state index in [0.29, 0.717) is 24.3 Å². The lowest BCUT2D eigenvalue weighted by Crippen LogP contribution is -2.21. The molecule has 0 heterocycles. The van der Waals surface area contributed by atoms with Crippen LogP contribution in [-0.2, 0) is 4.79 Å². The zero-order valence-electron chi connectivity index (χ0n) is 7.56. The Morgan fingerprint density at radius 3 is 2.21 bits per heavy atom. The van der Waals surface area contributed by atoms with Crippen molar-refractivity contribution in [3.05, 3.63) is 35.4 Å². The van der Waals surface area contributed by atoms with Gasteiger partial charge in [0.15, 0.2) is 0 Å². The molecule has 72 valence electrons. The fourth-order valence-electron chi connectivity index (χ4n) is 1.62. The molecule has 1 N–H and O–H groups in total. The van der Waals surface area contributed by atoms with Crippen LogP contribution in [0, 0.1) is 0 Å². The van der Waals surface area contributed by atoms with Gasteiger partial charge in [-0.25, -0.2) is 4.79 Å². The molecule has 1 aromatic carbocycles. The molecule has 1 fully saturated rings. The fraction of sp³-hybridized carbons (Fsp3) is 0.273. The van der Waals surface area contributed by atoms with Crippen LogP contribution in [0.25, 0.3) is 0 Å². The van der Waals surface area contributed by atoms with Crippen LogP contribution in [-0.4, -0.2) is 16.9 Å². The molecule has 0 saturated heterocycles. The summed E-state index contributed by atoms with van der Waals surface area (Å²) in [5.41, 5.74) is 1.36. The molecular formula is C11H10O3. The lowest BCUT2D eigenvalue weighted by molar-refractivity contribution is -0.124. The van der Waals surface area contributed by atoms with E-state index in [1.165, 1.54) is 0 Å². The molecule has 1 aliphatic carbocycles. The molecule has 0 spiro atoms. The van der Waals surface area contributed by atoms with E-state index in [9.17, 15) is 9.59 Å². The van der Waals surface area contributed by atoms with Crippen molar-refractivity contribution < 1.29 is 14.7 Å².